The zero-order valence-electron chi connectivity index (χ0n) is 18.5. The lowest BCUT2D eigenvalue weighted by atomic mass is 9.70. The van der Waals surface area contributed by atoms with E-state index < -0.39 is 5.41 Å². The van der Waals surface area contributed by atoms with E-state index in [1.165, 1.54) is 11.3 Å². The number of rotatable bonds is 9. The van der Waals surface area contributed by atoms with Crippen LogP contribution in [0.4, 0.5) is 5.13 Å². The topological polar surface area (TPSA) is 81.9 Å². The molecule has 32 heavy (non-hydrogen) atoms. The maximum Gasteiger partial charge on any atom is 0.232 e. The van der Waals surface area contributed by atoms with Crippen LogP contribution < -0.4 is 5.32 Å². The molecule has 7 nitrogen and oxygen atoms in total. The van der Waals surface area contributed by atoms with Gasteiger partial charge in [-0.3, -0.25) is 9.48 Å². The lowest BCUT2D eigenvalue weighted by molar-refractivity contribution is -0.124. The quantitative estimate of drug-likeness (QED) is 0.374. The standard InChI is InChI=1S/C24H27N5O2S/c1-24(2,22(30)27-23-28-25-16-32-23)21(17-8-5-4-6-9-17)18-10-11-20-19(14-18)15-26-29(20)12-7-13-31-3/h4-6,8-11,14-16,21H,7,12-13H2,1-3H3,(H,27,28,30). The number of nitrogens with one attached hydrogen (secondary N) is 1. The van der Waals surface area contributed by atoms with Gasteiger partial charge in [0.15, 0.2) is 0 Å². The van der Waals surface area contributed by atoms with Crippen molar-refractivity contribution in [3.8, 4) is 0 Å². The van der Waals surface area contributed by atoms with E-state index in [0.29, 0.717) is 11.7 Å². The van der Waals surface area contributed by atoms with Gasteiger partial charge in [0.2, 0.25) is 11.0 Å². The van der Waals surface area contributed by atoms with Crippen LogP contribution in [0.25, 0.3) is 10.9 Å². The van der Waals surface area contributed by atoms with Crippen molar-refractivity contribution in [2.45, 2.75) is 32.7 Å². The Morgan fingerprint density at radius 1 is 1.19 bits per heavy atom. The molecule has 4 aromatic rings. The Labute approximate surface area is 191 Å². The molecule has 0 saturated carbocycles. The fourth-order valence-electron chi connectivity index (χ4n) is 4.11. The molecule has 0 aliphatic carbocycles. The van der Waals surface area contributed by atoms with Crippen LogP contribution in [0.5, 0.6) is 0 Å². The van der Waals surface area contributed by atoms with E-state index >= 15 is 0 Å². The van der Waals surface area contributed by atoms with Crippen LogP contribution in [0.2, 0.25) is 0 Å². The van der Waals surface area contributed by atoms with E-state index in [4.69, 9.17) is 4.74 Å². The molecule has 0 bridgehead atoms. The molecule has 2 heterocycles. The molecule has 0 aliphatic heterocycles. The number of benzene rings is 2. The fourth-order valence-corrected chi connectivity index (χ4v) is 4.55. The van der Waals surface area contributed by atoms with E-state index in [-0.39, 0.29) is 11.8 Å². The monoisotopic (exact) mass is 449 g/mol. The van der Waals surface area contributed by atoms with Gasteiger partial charge in [-0.05, 0) is 29.7 Å². The Hall–Kier alpha value is -3.10. The van der Waals surface area contributed by atoms with Gasteiger partial charge in [0.05, 0.1) is 17.1 Å². The maximum absolute atomic E-state index is 13.3. The van der Waals surface area contributed by atoms with Crippen LogP contribution in [-0.4, -0.2) is 39.6 Å². The maximum atomic E-state index is 13.3. The number of carbonyl (C=O) groups is 1. The number of methoxy groups -OCH3 is 1. The number of ether oxygens (including phenoxy) is 1. The number of hydrogen-bond acceptors (Lipinski definition) is 6. The first-order chi connectivity index (χ1) is 15.5. The Morgan fingerprint density at radius 3 is 2.72 bits per heavy atom. The average Bonchev–Trinajstić information content (AvgIpc) is 3.44. The Balaban J connectivity index is 1.70. The van der Waals surface area contributed by atoms with Crippen molar-refractivity contribution >= 4 is 33.3 Å². The summed E-state index contributed by atoms with van der Waals surface area (Å²) in [4.78, 5) is 13.3. The van der Waals surface area contributed by atoms with Crippen molar-refractivity contribution in [3.63, 3.8) is 0 Å². The van der Waals surface area contributed by atoms with Gasteiger partial charge in [-0.25, -0.2) is 0 Å². The molecular weight excluding hydrogens is 422 g/mol. The smallest absolute Gasteiger partial charge is 0.232 e. The molecule has 0 saturated heterocycles. The van der Waals surface area contributed by atoms with Gasteiger partial charge in [-0.1, -0.05) is 61.6 Å². The molecule has 8 heteroatoms. The molecule has 166 valence electrons. The van der Waals surface area contributed by atoms with Crippen LogP contribution in [0.15, 0.2) is 60.2 Å². The summed E-state index contributed by atoms with van der Waals surface area (Å²) in [6.45, 7) is 5.45. The van der Waals surface area contributed by atoms with Crippen molar-refractivity contribution in [1.82, 2.24) is 20.0 Å². The van der Waals surface area contributed by atoms with Gasteiger partial charge in [-0.15, -0.1) is 10.2 Å². The van der Waals surface area contributed by atoms with Gasteiger partial charge in [-0.2, -0.15) is 5.10 Å². The first kappa shape index (κ1) is 22.1. The molecule has 1 N–H and O–H groups in total. The van der Waals surface area contributed by atoms with Crippen LogP contribution in [0.3, 0.4) is 0 Å². The highest BCUT2D eigenvalue weighted by molar-refractivity contribution is 7.13. The molecule has 4 rings (SSSR count). The third-order valence-electron chi connectivity index (χ3n) is 5.74. The van der Waals surface area contributed by atoms with Crippen molar-refractivity contribution in [3.05, 3.63) is 71.4 Å². The van der Waals surface area contributed by atoms with Gasteiger partial charge >= 0.3 is 0 Å². The number of hydrogen-bond donors (Lipinski definition) is 1. The molecule has 1 unspecified atom stereocenters. The predicted octanol–water partition coefficient (Wildman–Crippen LogP) is 4.72. The summed E-state index contributed by atoms with van der Waals surface area (Å²) in [5.74, 6) is -0.253. The molecule has 0 spiro atoms. The Morgan fingerprint density at radius 2 is 2.00 bits per heavy atom. The summed E-state index contributed by atoms with van der Waals surface area (Å²) in [6, 6.07) is 16.5. The third-order valence-corrected chi connectivity index (χ3v) is 6.34. The normalized spacial score (nSPS) is 12.7. The summed E-state index contributed by atoms with van der Waals surface area (Å²) >= 11 is 1.31. The summed E-state index contributed by atoms with van der Waals surface area (Å²) in [5.41, 5.74) is 4.09. The van der Waals surface area contributed by atoms with Crippen LogP contribution in [0.1, 0.15) is 37.3 Å². The Bertz CT molecular complexity index is 1170. The molecule has 2 aromatic heterocycles. The summed E-state index contributed by atoms with van der Waals surface area (Å²) in [6.07, 6.45) is 2.79. The molecule has 1 amide bonds. The van der Waals surface area contributed by atoms with Gasteiger partial charge in [0, 0.05) is 31.6 Å². The SMILES string of the molecule is COCCCn1ncc2cc(C(c3ccccc3)C(C)(C)C(=O)Nc3nncs3)ccc21. The highest BCUT2D eigenvalue weighted by atomic mass is 32.1. The number of nitrogens with zero attached hydrogens (tertiary/aromatic N) is 4. The van der Waals surface area contributed by atoms with E-state index in [1.807, 2.05) is 42.9 Å². The predicted molar refractivity (Wildman–Crippen MR) is 127 cm³/mol. The second-order valence-corrected chi connectivity index (χ2v) is 9.13. The first-order valence-corrected chi connectivity index (χ1v) is 11.5. The summed E-state index contributed by atoms with van der Waals surface area (Å²) < 4.78 is 7.17. The van der Waals surface area contributed by atoms with Crippen LogP contribution in [-0.2, 0) is 16.1 Å². The molecule has 1 atom stereocenters. The molecular formula is C24H27N5O2S. The highest BCUT2D eigenvalue weighted by Crippen LogP contribution is 2.42. The minimum atomic E-state index is -0.741. The van der Waals surface area contributed by atoms with Crippen LogP contribution >= 0.6 is 11.3 Å². The van der Waals surface area contributed by atoms with Gasteiger partial charge in [0.1, 0.15) is 5.51 Å². The van der Waals surface area contributed by atoms with E-state index in [1.54, 1.807) is 12.6 Å². The molecule has 0 radical (unpaired) electrons. The lowest BCUT2D eigenvalue weighted by Crippen LogP contribution is -2.37. The molecule has 2 aromatic carbocycles. The zero-order valence-corrected chi connectivity index (χ0v) is 19.3. The first-order valence-electron chi connectivity index (χ1n) is 10.6. The fraction of sp³-hybridized carbons (Fsp3) is 0.333. The van der Waals surface area contributed by atoms with Gasteiger partial charge < -0.3 is 10.1 Å². The number of aromatic nitrogens is 4. The minimum absolute atomic E-state index is 0.0986. The van der Waals surface area contributed by atoms with E-state index in [9.17, 15) is 4.79 Å². The average molecular weight is 450 g/mol. The number of anilines is 1. The summed E-state index contributed by atoms with van der Waals surface area (Å²) in [5, 5.41) is 16.8. The largest absolute Gasteiger partial charge is 0.385 e. The van der Waals surface area contributed by atoms with E-state index in [2.05, 4.69) is 50.9 Å². The van der Waals surface area contributed by atoms with Crippen molar-refractivity contribution in [2.24, 2.45) is 5.41 Å². The van der Waals surface area contributed by atoms with Crippen molar-refractivity contribution < 1.29 is 9.53 Å². The second kappa shape index (κ2) is 9.58. The minimum Gasteiger partial charge on any atom is -0.385 e. The van der Waals surface area contributed by atoms with Gasteiger partial charge in [0.25, 0.3) is 0 Å². The number of amides is 1. The van der Waals surface area contributed by atoms with Crippen LogP contribution in [0, 0.1) is 5.41 Å². The molecule has 0 fully saturated rings. The lowest BCUT2D eigenvalue weighted by Gasteiger charge is -2.33. The Kier molecular flexibility index (Phi) is 6.62. The van der Waals surface area contributed by atoms with E-state index in [0.717, 1.165) is 35.0 Å². The van der Waals surface area contributed by atoms with Crippen molar-refractivity contribution in [2.75, 3.05) is 19.0 Å². The second-order valence-electron chi connectivity index (χ2n) is 8.30. The number of aryl methyl sites for hydroxylation is 1. The highest BCUT2D eigenvalue weighted by Gasteiger charge is 2.39. The molecule has 0 aliphatic rings. The van der Waals surface area contributed by atoms with Crippen molar-refractivity contribution in [1.29, 1.82) is 0 Å². The number of carbonyl (C=O) groups excluding carboxylic acids is 1. The zero-order chi connectivity index (χ0) is 22.6. The third kappa shape index (κ3) is 4.56. The number of fused-ring (bicyclic) bond motifs is 1. The summed E-state index contributed by atoms with van der Waals surface area (Å²) in [7, 11) is 1.71.